The zero-order valence-corrected chi connectivity index (χ0v) is 16.0. The van der Waals surface area contributed by atoms with E-state index in [1.165, 1.54) is 32.1 Å². The number of rotatable bonds is 10. The largest absolute Gasteiger partial charge is 0.282 e. The summed E-state index contributed by atoms with van der Waals surface area (Å²) < 4.78 is 25.3. The molecule has 0 aliphatic heterocycles. The monoisotopic (exact) mass is 347 g/mol. The third-order valence-corrected chi connectivity index (χ3v) is 6.05. The van der Waals surface area contributed by atoms with Crippen molar-refractivity contribution in [1.29, 1.82) is 0 Å². The Bertz CT molecular complexity index is 679. The summed E-state index contributed by atoms with van der Waals surface area (Å²) in [4.78, 5) is 3.55. The summed E-state index contributed by atoms with van der Waals surface area (Å²) in [5.41, 5.74) is 1.68. The molecule has 24 heavy (non-hydrogen) atoms. The van der Waals surface area contributed by atoms with E-state index in [2.05, 4.69) is 11.8 Å². The van der Waals surface area contributed by atoms with Crippen LogP contribution in [0.2, 0.25) is 0 Å². The quantitative estimate of drug-likeness (QED) is 0.381. The zero-order valence-electron chi connectivity index (χ0n) is 15.1. The lowest BCUT2D eigenvalue weighted by atomic mass is 10.1. The predicted molar refractivity (Wildman–Crippen MR) is 100 cm³/mol. The van der Waals surface area contributed by atoms with Gasteiger partial charge in [-0.2, -0.15) is 0 Å². The molecule has 0 aliphatic carbocycles. The molecule has 132 valence electrons. The summed E-state index contributed by atoms with van der Waals surface area (Å²) in [5.74, 6) is 0. The van der Waals surface area contributed by atoms with Crippen LogP contribution in [0.3, 0.4) is 0 Å². The molecule has 0 aliphatic rings. The van der Waals surface area contributed by atoms with E-state index in [9.17, 15) is 8.42 Å². The lowest BCUT2D eigenvalue weighted by molar-refractivity contribution is 0.587. The first kappa shape index (κ1) is 20.4. The number of aryl methyl sites for hydroxylation is 1. The number of allylic oxidation sites excluding steroid dienone is 1. The first-order valence-electron chi connectivity index (χ1n) is 8.82. The molecule has 0 aromatic heterocycles. The maximum atomic E-state index is 12.7. The van der Waals surface area contributed by atoms with Crippen molar-refractivity contribution in [3.63, 3.8) is 0 Å². The van der Waals surface area contributed by atoms with Crippen LogP contribution in [0.5, 0.6) is 0 Å². The number of sulfone groups is 1. The molecule has 1 aromatic rings. The molecule has 0 bridgehead atoms. The minimum absolute atomic E-state index is 0.0997. The molecule has 0 fully saturated rings. The molecule has 0 saturated heterocycles. The van der Waals surface area contributed by atoms with Gasteiger partial charge < -0.3 is 0 Å². The van der Waals surface area contributed by atoms with Crippen LogP contribution < -0.4 is 0 Å². The minimum Gasteiger partial charge on any atom is -0.230 e. The summed E-state index contributed by atoms with van der Waals surface area (Å²) in [6.07, 6.45) is 8.95. The van der Waals surface area contributed by atoms with Crippen molar-refractivity contribution in [3.05, 3.63) is 51.8 Å². The molecule has 0 radical (unpaired) electrons. The maximum absolute atomic E-state index is 12.7. The van der Waals surface area contributed by atoms with Gasteiger partial charge in [0, 0.05) is 0 Å². The van der Waals surface area contributed by atoms with Crippen molar-refractivity contribution in [1.82, 2.24) is 0 Å². The van der Waals surface area contributed by atoms with Crippen molar-refractivity contribution in [3.8, 4) is 0 Å². The van der Waals surface area contributed by atoms with Crippen LogP contribution in [0.4, 0.5) is 0 Å². The van der Waals surface area contributed by atoms with Gasteiger partial charge >= 0.3 is 0 Å². The van der Waals surface area contributed by atoms with E-state index >= 15 is 0 Å². The topological polar surface area (TPSA) is 38.5 Å². The van der Waals surface area contributed by atoms with Crippen LogP contribution in [0.1, 0.15) is 70.8 Å². The molecule has 0 saturated carbocycles. The number of nitrogens with zero attached hydrogens (tertiary/aromatic N) is 1. The zero-order chi connectivity index (χ0) is 18.0. The summed E-state index contributed by atoms with van der Waals surface area (Å²) in [5, 5.41) is -0.0997. The molecule has 0 N–H and O–H groups in total. The second-order valence-corrected chi connectivity index (χ2v) is 8.25. The molecule has 0 heterocycles. The Balaban J connectivity index is 2.70. The second kappa shape index (κ2) is 10.3. The van der Waals surface area contributed by atoms with Gasteiger partial charge in [-0.3, -0.25) is 0 Å². The molecular weight excluding hydrogens is 318 g/mol. The third-order valence-electron chi connectivity index (χ3n) is 4.21. The van der Waals surface area contributed by atoms with Crippen molar-refractivity contribution >= 4 is 9.84 Å². The highest BCUT2D eigenvalue weighted by Gasteiger charge is 2.23. The van der Waals surface area contributed by atoms with Crippen LogP contribution in [0.15, 0.2) is 39.8 Å². The van der Waals surface area contributed by atoms with Gasteiger partial charge in [-0.25, -0.2) is 13.3 Å². The fourth-order valence-corrected chi connectivity index (χ4v) is 4.07. The number of hydrogen-bond acceptors (Lipinski definition) is 2. The molecule has 4 heteroatoms. The van der Waals surface area contributed by atoms with Crippen molar-refractivity contribution < 1.29 is 8.42 Å². The van der Waals surface area contributed by atoms with E-state index in [4.69, 9.17) is 6.57 Å². The Hall–Kier alpha value is -1.60. The van der Waals surface area contributed by atoms with Crippen molar-refractivity contribution in [2.24, 2.45) is 0 Å². The SMILES string of the molecule is [C-]#[N+]C(=C(C)CCCCCCCCC)S(=O)(=O)c1ccc(C)cc1. The van der Waals surface area contributed by atoms with Gasteiger partial charge in [-0.05, 0) is 25.5 Å². The van der Waals surface area contributed by atoms with Crippen LogP contribution in [-0.2, 0) is 9.84 Å². The van der Waals surface area contributed by atoms with Crippen LogP contribution in [0, 0.1) is 13.5 Å². The third kappa shape index (κ3) is 6.13. The number of hydrogen-bond donors (Lipinski definition) is 0. The molecule has 1 rings (SSSR count). The van der Waals surface area contributed by atoms with Crippen LogP contribution in [-0.4, -0.2) is 8.42 Å². The Kier molecular flexibility index (Phi) is 8.78. The molecule has 3 nitrogen and oxygen atoms in total. The Morgan fingerprint density at radius 2 is 1.54 bits per heavy atom. The lowest BCUT2D eigenvalue weighted by Crippen LogP contribution is -2.04. The second-order valence-electron chi connectivity index (χ2n) is 6.39. The highest BCUT2D eigenvalue weighted by atomic mass is 32.2. The molecular formula is C20H29NO2S. The average Bonchev–Trinajstić information content (AvgIpc) is 2.55. The Morgan fingerprint density at radius 3 is 2.08 bits per heavy atom. The van der Waals surface area contributed by atoms with Gasteiger partial charge in [0.15, 0.2) is 0 Å². The summed E-state index contributed by atoms with van der Waals surface area (Å²) in [7, 11) is -3.70. The van der Waals surface area contributed by atoms with E-state index in [0.717, 1.165) is 18.4 Å². The van der Waals surface area contributed by atoms with Crippen molar-refractivity contribution in [2.75, 3.05) is 0 Å². The molecule has 0 spiro atoms. The van der Waals surface area contributed by atoms with Gasteiger partial charge in [-0.1, -0.05) is 82.1 Å². The molecule has 0 amide bonds. The molecule has 1 aromatic carbocycles. The summed E-state index contributed by atoms with van der Waals surface area (Å²) >= 11 is 0. The van der Waals surface area contributed by atoms with E-state index in [-0.39, 0.29) is 9.92 Å². The Morgan fingerprint density at radius 1 is 1.00 bits per heavy atom. The normalized spacial score (nSPS) is 12.6. The maximum Gasteiger partial charge on any atom is 0.282 e. The van der Waals surface area contributed by atoms with Gasteiger partial charge in [-0.15, -0.1) is 0 Å². The Labute approximate surface area is 147 Å². The van der Waals surface area contributed by atoms with Crippen LogP contribution >= 0.6 is 0 Å². The van der Waals surface area contributed by atoms with Crippen LogP contribution in [0.25, 0.3) is 4.85 Å². The van der Waals surface area contributed by atoms with E-state index in [0.29, 0.717) is 12.0 Å². The molecule has 0 atom stereocenters. The standard InChI is InChI=1S/C20H29NO2S/c1-5-6-7-8-9-10-11-12-18(3)20(21-4)24(22,23)19-15-13-17(2)14-16-19/h13-16H,5-12H2,1-3H3. The van der Waals surface area contributed by atoms with E-state index < -0.39 is 9.84 Å². The number of benzene rings is 1. The van der Waals surface area contributed by atoms with Gasteiger partial charge in [0.2, 0.25) is 9.84 Å². The molecule has 0 unspecified atom stereocenters. The first-order chi connectivity index (χ1) is 11.4. The fraction of sp³-hybridized carbons (Fsp3) is 0.550. The minimum atomic E-state index is -3.70. The van der Waals surface area contributed by atoms with E-state index in [1.54, 1.807) is 31.2 Å². The van der Waals surface area contributed by atoms with Gasteiger partial charge in [0.25, 0.3) is 5.03 Å². The van der Waals surface area contributed by atoms with Gasteiger partial charge in [0.1, 0.15) is 0 Å². The summed E-state index contributed by atoms with van der Waals surface area (Å²) in [6, 6.07) is 6.69. The van der Waals surface area contributed by atoms with E-state index in [1.807, 2.05) is 6.92 Å². The average molecular weight is 348 g/mol. The highest BCUT2D eigenvalue weighted by molar-refractivity contribution is 7.95. The highest BCUT2D eigenvalue weighted by Crippen LogP contribution is 2.26. The fourth-order valence-electron chi connectivity index (χ4n) is 2.67. The van der Waals surface area contributed by atoms with Gasteiger partial charge in [0.05, 0.1) is 11.5 Å². The van der Waals surface area contributed by atoms with Crippen molar-refractivity contribution in [2.45, 2.75) is 77.0 Å². The first-order valence-corrected chi connectivity index (χ1v) is 10.3. The number of unbranched alkanes of at least 4 members (excludes halogenated alkanes) is 6. The predicted octanol–water partition coefficient (Wildman–Crippen LogP) is 6.06. The summed E-state index contributed by atoms with van der Waals surface area (Å²) in [6.45, 7) is 13.2. The smallest absolute Gasteiger partial charge is 0.230 e. The lowest BCUT2D eigenvalue weighted by Gasteiger charge is -2.08.